The highest BCUT2D eigenvalue weighted by molar-refractivity contribution is 6.17. The Hall–Kier alpha value is -0.760. The molecule has 0 unspecified atom stereocenters. The number of halogens is 2. The Morgan fingerprint density at radius 1 is 1.35 bits per heavy atom. The van der Waals surface area contributed by atoms with Gasteiger partial charge in [0, 0.05) is 19.0 Å². The van der Waals surface area contributed by atoms with Crippen LogP contribution in [0.5, 0.6) is 0 Å². The molecule has 94 valence electrons. The summed E-state index contributed by atoms with van der Waals surface area (Å²) in [5.41, 5.74) is 1.62. The molecule has 0 N–H and O–H groups in total. The van der Waals surface area contributed by atoms with Crippen LogP contribution in [-0.4, -0.2) is 13.1 Å². The fourth-order valence-corrected chi connectivity index (χ4v) is 2.80. The van der Waals surface area contributed by atoms with Gasteiger partial charge in [-0.15, -0.1) is 11.6 Å². The van der Waals surface area contributed by atoms with Gasteiger partial charge in [0.2, 0.25) is 0 Å². The molecule has 1 aliphatic rings. The zero-order valence-electron chi connectivity index (χ0n) is 10.3. The maximum Gasteiger partial charge on any atom is 0.146 e. The summed E-state index contributed by atoms with van der Waals surface area (Å²) >= 11 is 5.89. The number of hydrogen-bond acceptors (Lipinski definition) is 1. The van der Waals surface area contributed by atoms with E-state index in [0.717, 1.165) is 43.1 Å². The molecule has 1 fully saturated rings. The smallest absolute Gasteiger partial charge is 0.146 e. The van der Waals surface area contributed by atoms with Crippen molar-refractivity contribution in [2.24, 2.45) is 5.92 Å². The fourth-order valence-electron chi connectivity index (χ4n) is 2.59. The lowest BCUT2D eigenvalue weighted by Gasteiger charge is -2.34. The van der Waals surface area contributed by atoms with Crippen molar-refractivity contribution in [1.29, 1.82) is 0 Å². The SMILES string of the molecule is CCC1CCN(c2c(F)cccc2CCl)CC1. The molecule has 1 aliphatic heterocycles. The van der Waals surface area contributed by atoms with Crippen LogP contribution in [0.1, 0.15) is 31.7 Å². The molecule has 1 aromatic carbocycles. The van der Waals surface area contributed by atoms with E-state index < -0.39 is 0 Å². The molecule has 0 aromatic heterocycles. The Balaban J connectivity index is 2.17. The van der Waals surface area contributed by atoms with Crippen molar-refractivity contribution in [2.75, 3.05) is 18.0 Å². The van der Waals surface area contributed by atoms with Crippen molar-refractivity contribution in [3.8, 4) is 0 Å². The Kier molecular flexibility index (Phi) is 4.27. The van der Waals surface area contributed by atoms with Gasteiger partial charge in [-0.25, -0.2) is 4.39 Å². The predicted octanol–water partition coefficient (Wildman–Crippen LogP) is 4.19. The standard InChI is InChI=1S/C14H19ClFN/c1-2-11-6-8-17(9-7-11)14-12(10-15)4-3-5-13(14)16/h3-5,11H,2,6-10H2,1H3. The first-order chi connectivity index (χ1) is 8.26. The first-order valence-electron chi connectivity index (χ1n) is 6.34. The van der Waals surface area contributed by atoms with Gasteiger partial charge in [0.1, 0.15) is 5.82 Å². The molecule has 2 rings (SSSR count). The fraction of sp³-hybridized carbons (Fsp3) is 0.571. The monoisotopic (exact) mass is 255 g/mol. The third-order valence-corrected chi connectivity index (χ3v) is 4.01. The summed E-state index contributed by atoms with van der Waals surface area (Å²) < 4.78 is 13.9. The quantitative estimate of drug-likeness (QED) is 0.732. The number of benzene rings is 1. The lowest BCUT2D eigenvalue weighted by atomic mass is 9.94. The Morgan fingerprint density at radius 2 is 2.06 bits per heavy atom. The van der Waals surface area contributed by atoms with Gasteiger partial charge in [-0.05, 0) is 30.4 Å². The van der Waals surface area contributed by atoms with Crippen LogP contribution in [0.3, 0.4) is 0 Å². The molecule has 0 saturated carbocycles. The first-order valence-corrected chi connectivity index (χ1v) is 6.88. The molecular weight excluding hydrogens is 237 g/mol. The molecule has 1 aromatic rings. The number of anilines is 1. The second-order valence-corrected chi connectivity index (χ2v) is 4.99. The summed E-state index contributed by atoms with van der Waals surface area (Å²) in [4.78, 5) is 2.15. The van der Waals surface area contributed by atoms with Gasteiger partial charge in [0.15, 0.2) is 0 Å². The van der Waals surface area contributed by atoms with Gasteiger partial charge in [0.05, 0.1) is 5.69 Å². The van der Waals surface area contributed by atoms with Crippen LogP contribution in [0.15, 0.2) is 18.2 Å². The number of hydrogen-bond donors (Lipinski definition) is 0. The van der Waals surface area contributed by atoms with E-state index in [1.165, 1.54) is 12.5 Å². The Morgan fingerprint density at radius 3 is 2.65 bits per heavy atom. The third-order valence-electron chi connectivity index (χ3n) is 3.72. The van der Waals surface area contributed by atoms with Crippen LogP contribution in [0.4, 0.5) is 10.1 Å². The average molecular weight is 256 g/mol. The normalized spacial score (nSPS) is 17.5. The van der Waals surface area contributed by atoms with E-state index >= 15 is 0 Å². The second-order valence-electron chi connectivity index (χ2n) is 4.72. The lowest BCUT2D eigenvalue weighted by molar-refractivity contribution is 0.392. The van der Waals surface area contributed by atoms with Gasteiger partial charge >= 0.3 is 0 Å². The summed E-state index contributed by atoms with van der Waals surface area (Å²) in [5.74, 6) is 1.04. The van der Waals surface area contributed by atoms with E-state index in [1.54, 1.807) is 6.07 Å². The van der Waals surface area contributed by atoms with Crippen LogP contribution in [-0.2, 0) is 5.88 Å². The second kappa shape index (κ2) is 5.72. The van der Waals surface area contributed by atoms with E-state index in [0.29, 0.717) is 5.88 Å². The van der Waals surface area contributed by atoms with Gasteiger partial charge < -0.3 is 4.90 Å². The number of nitrogens with zero attached hydrogens (tertiary/aromatic N) is 1. The molecule has 1 nitrogen and oxygen atoms in total. The largest absolute Gasteiger partial charge is 0.369 e. The highest BCUT2D eigenvalue weighted by Crippen LogP contribution is 2.30. The first kappa shape index (κ1) is 12.7. The molecule has 0 spiro atoms. The number of piperidine rings is 1. The van der Waals surface area contributed by atoms with Crippen LogP contribution >= 0.6 is 11.6 Å². The van der Waals surface area contributed by atoms with Gasteiger partial charge in [0.25, 0.3) is 0 Å². The minimum Gasteiger partial charge on any atom is -0.369 e. The van der Waals surface area contributed by atoms with Crippen molar-refractivity contribution < 1.29 is 4.39 Å². The van der Waals surface area contributed by atoms with Crippen LogP contribution in [0.2, 0.25) is 0 Å². The van der Waals surface area contributed by atoms with Gasteiger partial charge in [-0.2, -0.15) is 0 Å². The topological polar surface area (TPSA) is 3.24 Å². The third kappa shape index (κ3) is 2.74. The van der Waals surface area contributed by atoms with Crippen molar-refractivity contribution in [3.05, 3.63) is 29.6 Å². The lowest BCUT2D eigenvalue weighted by Crippen LogP contribution is -2.34. The number of para-hydroxylation sites is 1. The van der Waals surface area contributed by atoms with Gasteiger partial charge in [-0.1, -0.05) is 25.5 Å². The van der Waals surface area contributed by atoms with E-state index in [-0.39, 0.29) is 5.82 Å². The molecule has 1 saturated heterocycles. The zero-order chi connectivity index (χ0) is 12.3. The molecule has 1 heterocycles. The number of alkyl halides is 1. The van der Waals surface area contributed by atoms with Crippen LogP contribution in [0, 0.1) is 11.7 Å². The summed E-state index contributed by atoms with van der Waals surface area (Å²) in [6, 6.07) is 5.17. The number of rotatable bonds is 3. The molecule has 17 heavy (non-hydrogen) atoms. The highest BCUT2D eigenvalue weighted by Gasteiger charge is 2.21. The van der Waals surface area contributed by atoms with Crippen molar-refractivity contribution in [1.82, 2.24) is 0 Å². The van der Waals surface area contributed by atoms with Gasteiger partial charge in [-0.3, -0.25) is 0 Å². The molecular formula is C14H19ClFN. The maximum atomic E-state index is 13.9. The van der Waals surface area contributed by atoms with E-state index in [9.17, 15) is 4.39 Å². The van der Waals surface area contributed by atoms with Crippen LogP contribution < -0.4 is 4.90 Å². The van der Waals surface area contributed by atoms with E-state index in [4.69, 9.17) is 11.6 Å². The molecule has 0 aliphatic carbocycles. The molecule has 0 atom stereocenters. The van der Waals surface area contributed by atoms with Crippen molar-refractivity contribution in [2.45, 2.75) is 32.1 Å². The Labute approximate surface area is 108 Å². The minimum absolute atomic E-state index is 0.141. The summed E-state index contributed by atoms with van der Waals surface area (Å²) in [7, 11) is 0. The minimum atomic E-state index is -0.141. The van der Waals surface area contributed by atoms with E-state index in [1.807, 2.05) is 6.07 Å². The molecule has 0 radical (unpaired) electrons. The Bertz CT molecular complexity index is 372. The molecule has 0 amide bonds. The zero-order valence-corrected chi connectivity index (χ0v) is 11.0. The van der Waals surface area contributed by atoms with E-state index in [2.05, 4.69) is 11.8 Å². The van der Waals surface area contributed by atoms with Crippen molar-refractivity contribution in [3.63, 3.8) is 0 Å². The predicted molar refractivity (Wildman–Crippen MR) is 71.2 cm³/mol. The van der Waals surface area contributed by atoms with Crippen LogP contribution in [0.25, 0.3) is 0 Å². The molecule has 3 heteroatoms. The summed E-state index contributed by atoms with van der Waals surface area (Å²) in [5, 5.41) is 0. The summed E-state index contributed by atoms with van der Waals surface area (Å²) in [6.45, 7) is 4.13. The maximum absolute atomic E-state index is 13.9. The van der Waals surface area contributed by atoms with Crippen molar-refractivity contribution >= 4 is 17.3 Å². The highest BCUT2D eigenvalue weighted by atomic mass is 35.5. The summed E-state index contributed by atoms with van der Waals surface area (Å²) in [6.07, 6.45) is 3.55. The molecule has 0 bridgehead atoms. The average Bonchev–Trinajstić information content (AvgIpc) is 2.38.